The van der Waals surface area contributed by atoms with E-state index in [1.807, 2.05) is 30.3 Å². The fraction of sp³-hybridized carbons (Fsp3) is 0.353. The summed E-state index contributed by atoms with van der Waals surface area (Å²) in [6.45, 7) is 1.47. The second kappa shape index (κ2) is 7.69. The third-order valence-electron chi connectivity index (χ3n) is 3.73. The Hall–Kier alpha value is -2.47. The Kier molecular flexibility index (Phi) is 5.16. The zero-order valence-corrected chi connectivity index (χ0v) is 12.9. The van der Waals surface area contributed by atoms with Crippen molar-refractivity contribution in [2.75, 3.05) is 18.5 Å². The lowest BCUT2D eigenvalue weighted by Crippen LogP contribution is -2.38. The van der Waals surface area contributed by atoms with Gasteiger partial charge in [-0.3, -0.25) is 0 Å². The van der Waals surface area contributed by atoms with Gasteiger partial charge >= 0.3 is 6.03 Å². The fourth-order valence-corrected chi connectivity index (χ4v) is 2.53. The molecular weight excluding hydrogens is 292 g/mol. The Labute approximate surface area is 135 Å². The first kappa shape index (κ1) is 15.4. The molecule has 1 aliphatic heterocycles. The lowest BCUT2D eigenvalue weighted by Gasteiger charge is -2.16. The van der Waals surface area contributed by atoms with E-state index in [1.165, 1.54) is 0 Å². The number of hydrogen-bond acceptors (Lipinski definition) is 4. The molecule has 3 rings (SSSR count). The van der Waals surface area contributed by atoms with Gasteiger partial charge in [-0.05, 0) is 19.3 Å². The Balaban J connectivity index is 1.56. The zero-order valence-electron chi connectivity index (χ0n) is 12.9. The van der Waals surface area contributed by atoms with Crippen molar-refractivity contribution < 1.29 is 9.53 Å². The molecule has 1 atom stereocenters. The lowest BCUT2D eigenvalue weighted by molar-refractivity contribution is 0.143. The standard InChI is InChI=1S/C17H20N4O2/c22-17(20-14-7-4-9-23-10-8-14)21-15-11-18-16(19-12-15)13-5-2-1-3-6-13/h1-3,5-6,11-12,14H,4,7-10H2,(H2,20,21,22). The number of amides is 2. The molecule has 1 saturated heterocycles. The third kappa shape index (κ3) is 4.50. The van der Waals surface area contributed by atoms with Gasteiger partial charge in [0.2, 0.25) is 0 Å². The molecule has 0 radical (unpaired) electrons. The van der Waals surface area contributed by atoms with E-state index in [0.717, 1.165) is 31.4 Å². The molecule has 1 aromatic heterocycles. The van der Waals surface area contributed by atoms with Gasteiger partial charge in [0.05, 0.1) is 18.1 Å². The highest BCUT2D eigenvalue weighted by atomic mass is 16.5. The van der Waals surface area contributed by atoms with Crippen molar-refractivity contribution in [1.29, 1.82) is 0 Å². The van der Waals surface area contributed by atoms with Gasteiger partial charge in [-0.2, -0.15) is 0 Å². The van der Waals surface area contributed by atoms with E-state index in [4.69, 9.17) is 4.74 Å². The van der Waals surface area contributed by atoms with Crippen molar-refractivity contribution in [3.63, 3.8) is 0 Å². The number of carbonyl (C=O) groups excluding carboxylic acids is 1. The summed E-state index contributed by atoms with van der Waals surface area (Å²) >= 11 is 0. The van der Waals surface area contributed by atoms with Crippen LogP contribution in [0.5, 0.6) is 0 Å². The molecule has 0 bridgehead atoms. The Morgan fingerprint density at radius 1 is 1.09 bits per heavy atom. The van der Waals surface area contributed by atoms with Crippen molar-refractivity contribution in [2.45, 2.75) is 25.3 Å². The predicted molar refractivity (Wildman–Crippen MR) is 88.1 cm³/mol. The minimum atomic E-state index is -0.229. The molecular formula is C17H20N4O2. The van der Waals surface area contributed by atoms with Gasteiger partial charge in [-0.15, -0.1) is 0 Å². The smallest absolute Gasteiger partial charge is 0.319 e. The maximum Gasteiger partial charge on any atom is 0.319 e. The summed E-state index contributed by atoms with van der Waals surface area (Å²) in [7, 11) is 0. The molecule has 2 N–H and O–H groups in total. The first-order valence-corrected chi connectivity index (χ1v) is 7.84. The number of aromatic nitrogens is 2. The SMILES string of the molecule is O=C(Nc1cnc(-c2ccccc2)nc1)NC1CCCOCC1. The van der Waals surface area contributed by atoms with Gasteiger partial charge in [0, 0.05) is 24.8 Å². The molecule has 6 nitrogen and oxygen atoms in total. The number of rotatable bonds is 3. The van der Waals surface area contributed by atoms with Gasteiger partial charge in [0.1, 0.15) is 0 Å². The second-order valence-electron chi connectivity index (χ2n) is 5.50. The summed E-state index contributed by atoms with van der Waals surface area (Å²) in [5.41, 5.74) is 1.52. The Morgan fingerprint density at radius 2 is 1.87 bits per heavy atom. The topological polar surface area (TPSA) is 76.1 Å². The van der Waals surface area contributed by atoms with Crippen LogP contribution in [-0.2, 0) is 4.74 Å². The number of ether oxygens (including phenoxy) is 1. The van der Waals surface area contributed by atoms with Crippen LogP contribution in [0.3, 0.4) is 0 Å². The molecule has 23 heavy (non-hydrogen) atoms. The van der Waals surface area contributed by atoms with E-state index in [2.05, 4.69) is 20.6 Å². The van der Waals surface area contributed by atoms with E-state index >= 15 is 0 Å². The van der Waals surface area contributed by atoms with Crippen molar-refractivity contribution in [3.05, 3.63) is 42.7 Å². The summed E-state index contributed by atoms with van der Waals surface area (Å²) in [6, 6.07) is 9.65. The van der Waals surface area contributed by atoms with E-state index in [1.54, 1.807) is 12.4 Å². The predicted octanol–water partition coefficient (Wildman–Crippen LogP) is 2.83. The minimum Gasteiger partial charge on any atom is -0.381 e. The number of benzene rings is 1. The summed E-state index contributed by atoms with van der Waals surface area (Å²) in [5, 5.41) is 5.74. The summed E-state index contributed by atoms with van der Waals surface area (Å²) < 4.78 is 5.39. The normalized spacial score (nSPS) is 18.0. The molecule has 1 aliphatic rings. The van der Waals surface area contributed by atoms with Crippen LogP contribution >= 0.6 is 0 Å². The highest BCUT2D eigenvalue weighted by Gasteiger charge is 2.15. The Morgan fingerprint density at radius 3 is 2.65 bits per heavy atom. The van der Waals surface area contributed by atoms with E-state index in [9.17, 15) is 4.79 Å². The Bertz CT molecular complexity index is 623. The minimum absolute atomic E-state index is 0.155. The van der Waals surface area contributed by atoms with Crippen molar-refractivity contribution in [1.82, 2.24) is 15.3 Å². The maximum absolute atomic E-state index is 12.0. The van der Waals surface area contributed by atoms with E-state index < -0.39 is 0 Å². The van der Waals surface area contributed by atoms with Crippen LogP contribution in [0.25, 0.3) is 11.4 Å². The van der Waals surface area contributed by atoms with Gasteiger partial charge in [-0.25, -0.2) is 14.8 Å². The fourth-order valence-electron chi connectivity index (χ4n) is 2.53. The van der Waals surface area contributed by atoms with E-state index in [0.29, 0.717) is 18.1 Å². The van der Waals surface area contributed by atoms with Crippen molar-refractivity contribution >= 4 is 11.7 Å². The number of anilines is 1. The first-order chi connectivity index (χ1) is 11.3. The van der Waals surface area contributed by atoms with Crippen molar-refractivity contribution in [3.8, 4) is 11.4 Å². The van der Waals surface area contributed by atoms with Gasteiger partial charge in [0.15, 0.2) is 5.82 Å². The summed E-state index contributed by atoms with van der Waals surface area (Å²) in [5.74, 6) is 0.637. The molecule has 2 amide bonds. The number of urea groups is 1. The number of carbonyl (C=O) groups is 1. The first-order valence-electron chi connectivity index (χ1n) is 7.84. The van der Waals surface area contributed by atoms with E-state index in [-0.39, 0.29) is 12.1 Å². The molecule has 2 heterocycles. The molecule has 0 saturated carbocycles. The monoisotopic (exact) mass is 312 g/mol. The van der Waals surface area contributed by atoms with Gasteiger partial charge in [-0.1, -0.05) is 30.3 Å². The molecule has 1 aromatic carbocycles. The molecule has 0 spiro atoms. The largest absolute Gasteiger partial charge is 0.381 e. The number of nitrogens with zero attached hydrogens (tertiary/aromatic N) is 2. The van der Waals surface area contributed by atoms with Crippen LogP contribution in [0.1, 0.15) is 19.3 Å². The van der Waals surface area contributed by atoms with Crippen LogP contribution in [-0.4, -0.2) is 35.3 Å². The molecule has 2 aromatic rings. The summed E-state index contributed by atoms with van der Waals surface area (Å²) in [6.07, 6.45) is 5.99. The molecule has 0 aliphatic carbocycles. The van der Waals surface area contributed by atoms with Gasteiger partial charge < -0.3 is 15.4 Å². The molecule has 120 valence electrons. The van der Waals surface area contributed by atoms with Crippen LogP contribution < -0.4 is 10.6 Å². The van der Waals surface area contributed by atoms with Crippen LogP contribution in [0.4, 0.5) is 10.5 Å². The number of hydrogen-bond donors (Lipinski definition) is 2. The second-order valence-corrected chi connectivity index (χ2v) is 5.50. The third-order valence-corrected chi connectivity index (χ3v) is 3.73. The molecule has 6 heteroatoms. The lowest BCUT2D eigenvalue weighted by atomic mass is 10.1. The number of nitrogens with one attached hydrogen (secondary N) is 2. The highest BCUT2D eigenvalue weighted by molar-refractivity contribution is 5.89. The van der Waals surface area contributed by atoms with Crippen molar-refractivity contribution in [2.24, 2.45) is 0 Å². The molecule has 1 unspecified atom stereocenters. The molecule has 1 fully saturated rings. The average molecular weight is 312 g/mol. The maximum atomic E-state index is 12.0. The average Bonchev–Trinajstić information content (AvgIpc) is 2.85. The van der Waals surface area contributed by atoms with Crippen LogP contribution in [0, 0.1) is 0 Å². The summed E-state index contributed by atoms with van der Waals surface area (Å²) in [4.78, 5) is 20.6. The quantitative estimate of drug-likeness (QED) is 0.913. The highest BCUT2D eigenvalue weighted by Crippen LogP contribution is 2.15. The van der Waals surface area contributed by atoms with Crippen LogP contribution in [0.2, 0.25) is 0 Å². The zero-order chi connectivity index (χ0) is 15.9. The van der Waals surface area contributed by atoms with Crippen LogP contribution in [0.15, 0.2) is 42.7 Å². The van der Waals surface area contributed by atoms with Gasteiger partial charge in [0.25, 0.3) is 0 Å².